The number of carbonyl (C=O) groups is 1. The number of hydrogen-bond donors (Lipinski definition) is 3. The van der Waals surface area contributed by atoms with Crippen LogP contribution in [0.1, 0.15) is 42.1 Å². The van der Waals surface area contributed by atoms with Crippen molar-refractivity contribution in [3.8, 4) is 0 Å². The molecule has 0 aromatic heterocycles. The summed E-state index contributed by atoms with van der Waals surface area (Å²) in [5.41, 5.74) is 3.34. The Labute approximate surface area is 188 Å². The van der Waals surface area contributed by atoms with Gasteiger partial charge < -0.3 is 15.5 Å². The molecule has 0 bridgehead atoms. The zero-order valence-electron chi connectivity index (χ0n) is 17.4. The Morgan fingerprint density at radius 2 is 2.00 bits per heavy atom. The van der Waals surface area contributed by atoms with Crippen LogP contribution in [0.3, 0.4) is 0 Å². The van der Waals surface area contributed by atoms with E-state index in [2.05, 4.69) is 24.1 Å². The molecular formula is C24H29ClN3OS+. The molecule has 1 fully saturated rings. The Morgan fingerprint density at radius 1 is 1.23 bits per heavy atom. The van der Waals surface area contributed by atoms with Crippen molar-refractivity contribution < 1.29 is 9.69 Å². The summed E-state index contributed by atoms with van der Waals surface area (Å²) < 4.78 is 0. The lowest BCUT2D eigenvalue weighted by Gasteiger charge is -2.27. The van der Waals surface area contributed by atoms with Crippen molar-refractivity contribution >= 4 is 40.7 Å². The van der Waals surface area contributed by atoms with Gasteiger partial charge in [-0.25, -0.2) is 0 Å². The summed E-state index contributed by atoms with van der Waals surface area (Å²) in [5, 5.41) is 7.12. The molecule has 2 aliphatic rings. The maximum Gasteiger partial charge on any atom is 0.251 e. The van der Waals surface area contributed by atoms with Crippen molar-refractivity contribution in [2.45, 2.75) is 36.0 Å². The summed E-state index contributed by atoms with van der Waals surface area (Å²) in [5.74, 6) is 0.844. The summed E-state index contributed by atoms with van der Waals surface area (Å²) in [4.78, 5) is 16.5. The molecule has 1 saturated heterocycles. The molecule has 30 heavy (non-hydrogen) atoms. The van der Waals surface area contributed by atoms with Gasteiger partial charge in [-0.15, -0.1) is 0 Å². The SMILES string of the molecule is C=C1Nc2cc(C(=O)NCCC[NH+]3CCC(C)CC3)ccc2Sc2ccc(Cl)cc21. The number of hydrogen-bond acceptors (Lipinski definition) is 3. The minimum atomic E-state index is -0.0257. The number of nitrogens with one attached hydrogen (secondary N) is 3. The van der Waals surface area contributed by atoms with Crippen LogP contribution in [-0.2, 0) is 0 Å². The molecule has 2 aromatic carbocycles. The Balaban J connectivity index is 1.35. The molecule has 4 rings (SSSR count). The van der Waals surface area contributed by atoms with E-state index >= 15 is 0 Å². The first-order valence-electron chi connectivity index (χ1n) is 10.7. The van der Waals surface area contributed by atoms with Crippen LogP contribution in [0.15, 0.2) is 52.8 Å². The van der Waals surface area contributed by atoms with Crippen molar-refractivity contribution in [2.75, 3.05) is 31.5 Å². The number of carbonyl (C=O) groups excluding carboxylic acids is 1. The fourth-order valence-corrected chi connectivity index (χ4v) is 5.29. The third kappa shape index (κ3) is 5.02. The van der Waals surface area contributed by atoms with Crippen molar-refractivity contribution in [3.63, 3.8) is 0 Å². The van der Waals surface area contributed by atoms with Crippen molar-refractivity contribution in [2.24, 2.45) is 5.92 Å². The van der Waals surface area contributed by atoms with Crippen LogP contribution in [0.25, 0.3) is 5.70 Å². The van der Waals surface area contributed by atoms with E-state index in [-0.39, 0.29) is 5.91 Å². The van der Waals surface area contributed by atoms with Crippen LogP contribution < -0.4 is 15.5 Å². The number of fused-ring (bicyclic) bond motifs is 2. The third-order valence-electron chi connectivity index (χ3n) is 5.99. The number of anilines is 1. The van der Waals surface area contributed by atoms with E-state index in [0.717, 1.165) is 45.6 Å². The quantitative estimate of drug-likeness (QED) is 0.604. The number of quaternary nitrogens is 1. The van der Waals surface area contributed by atoms with Crippen molar-refractivity contribution in [1.29, 1.82) is 0 Å². The predicted molar refractivity (Wildman–Crippen MR) is 126 cm³/mol. The van der Waals surface area contributed by atoms with E-state index < -0.39 is 0 Å². The van der Waals surface area contributed by atoms with E-state index in [1.54, 1.807) is 16.7 Å². The first-order valence-corrected chi connectivity index (χ1v) is 11.9. The van der Waals surface area contributed by atoms with Gasteiger partial charge in [-0.2, -0.15) is 0 Å². The molecule has 2 aliphatic heterocycles. The lowest BCUT2D eigenvalue weighted by atomic mass is 9.99. The molecule has 3 N–H and O–H groups in total. The lowest BCUT2D eigenvalue weighted by molar-refractivity contribution is -0.906. The maximum atomic E-state index is 12.7. The van der Waals surface area contributed by atoms with Crippen LogP contribution >= 0.6 is 23.4 Å². The molecule has 0 unspecified atom stereocenters. The fourth-order valence-electron chi connectivity index (χ4n) is 4.10. The topological polar surface area (TPSA) is 45.6 Å². The molecule has 2 heterocycles. The Kier molecular flexibility index (Phi) is 6.71. The van der Waals surface area contributed by atoms with E-state index in [4.69, 9.17) is 11.6 Å². The standard InChI is InChI=1S/C24H28ClN3OS/c1-16-8-12-28(13-9-16)11-3-10-26-24(29)18-4-6-23-21(14-18)27-17(2)20-15-19(25)5-7-22(20)30-23/h4-7,14-16,27H,2-3,8-13H2,1H3,(H,26,29)/p+1. The second kappa shape index (κ2) is 9.46. The first kappa shape index (κ1) is 21.3. The highest BCUT2D eigenvalue weighted by molar-refractivity contribution is 7.99. The highest BCUT2D eigenvalue weighted by atomic mass is 35.5. The molecule has 0 atom stereocenters. The van der Waals surface area contributed by atoms with E-state index in [1.165, 1.54) is 25.9 Å². The van der Waals surface area contributed by atoms with Gasteiger partial charge in [0.2, 0.25) is 0 Å². The first-order chi connectivity index (χ1) is 14.5. The van der Waals surface area contributed by atoms with Crippen LogP contribution in [0.4, 0.5) is 5.69 Å². The molecule has 4 nitrogen and oxygen atoms in total. The van der Waals surface area contributed by atoms with Crippen LogP contribution in [0, 0.1) is 5.92 Å². The Bertz CT molecular complexity index is 953. The van der Waals surface area contributed by atoms with Gasteiger partial charge in [0.15, 0.2) is 0 Å². The maximum absolute atomic E-state index is 12.7. The zero-order valence-corrected chi connectivity index (χ0v) is 19.0. The molecule has 6 heteroatoms. The lowest BCUT2D eigenvalue weighted by Crippen LogP contribution is -3.13. The fraction of sp³-hybridized carbons (Fsp3) is 0.375. The van der Waals surface area contributed by atoms with Gasteiger partial charge in [0, 0.05) is 44.6 Å². The highest BCUT2D eigenvalue weighted by Gasteiger charge is 2.20. The largest absolute Gasteiger partial charge is 0.355 e. The van der Waals surface area contributed by atoms with Crippen molar-refractivity contribution in [3.05, 3.63) is 59.1 Å². The van der Waals surface area contributed by atoms with E-state index in [9.17, 15) is 4.79 Å². The van der Waals surface area contributed by atoms with Gasteiger partial charge >= 0.3 is 0 Å². The minimum Gasteiger partial charge on any atom is -0.355 e. The normalized spacial score (nSPS) is 20.5. The molecule has 0 radical (unpaired) electrons. The van der Waals surface area contributed by atoms with Crippen molar-refractivity contribution in [1.82, 2.24) is 5.32 Å². The molecule has 2 aromatic rings. The van der Waals surface area contributed by atoms with Crippen LogP contribution in [-0.4, -0.2) is 32.1 Å². The van der Waals surface area contributed by atoms with Gasteiger partial charge in [-0.3, -0.25) is 4.79 Å². The average molecular weight is 443 g/mol. The monoisotopic (exact) mass is 442 g/mol. The number of piperidine rings is 1. The molecular weight excluding hydrogens is 414 g/mol. The predicted octanol–water partition coefficient (Wildman–Crippen LogP) is 4.32. The average Bonchev–Trinajstić information content (AvgIpc) is 2.87. The Morgan fingerprint density at radius 3 is 2.80 bits per heavy atom. The summed E-state index contributed by atoms with van der Waals surface area (Å²) in [6.45, 7) is 10.9. The zero-order chi connectivity index (χ0) is 21.1. The number of likely N-dealkylation sites (tertiary alicyclic amines) is 1. The minimum absolute atomic E-state index is 0.0257. The molecule has 0 aliphatic carbocycles. The molecule has 0 saturated carbocycles. The number of amides is 1. The number of rotatable bonds is 5. The van der Waals surface area contributed by atoms with Gasteiger partial charge in [0.25, 0.3) is 5.91 Å². The summed E-state index contributed by atoms with van der Waals surface area (Å²) in [6.07, 6.45) is 3.66. The number of benzene rings is 2. The molecule has 1 amide bonds. The summed E-state index contributed by atoms with van der Waals surface area (Å²) >= 11 is 7.81. The van der Waals surface area contributed by atoms with Gasteiger partial charge in [-0.05, 0) is 55.2 Å². The van der Waals surface area contributed by atoms with E-state index in [1.807, 2.05) is 36.4 Å². The smallest absolute Gasteiger partial charge is 0.251 e. The highest BCUT2D eigenvalue weighted by Crippen LogP contribution is 2.42. The molecule has 0 spiro atoms. The third-order valence-corrected chi connectivity index (χ3v) is 7.37. The number of halogens is 1. The van der Waals surface area contributed by atoms with Gasteiger partial charge in [0.1, 0.15) is 0 Å². The van der Waals surface area contributed by atoms with E-state index in [0.29, 0.717) is 17.1 Å². The molecule has 158 valence electrons. The van der Waals surface area contributed by atoms with Crippen LogP contribution in [0.5, 0.6) is 0 Å². The Hall–Kier alpha value is -1.95. The summed E-state index contributed by atoms with van der Waals surface area (Å²) in [6, 6.07) is 11.6. The van der Waals surface area contributed by atoms with Gasteiger partial charge in [0.05, 0.1) is 25.3 Å². The van der Waals surface area contributed by atoms with Crippen LogP contribution in [0.2, 0.25) is 5.02 Å². The second-order valence-electron chi connectivity index (χ2n) is 8.35. The van der Waals surface area contributed by atoms with Gasteiger partial charge in [-0.1, -0.05) is 36.9 Å². The summed E-state index contributed by atoms with van der Waals surface area (Å²) in [7, 11) is 0. The second-order valence-corrected chi connectivity index (χ2v) is 9.87.